The molecule has 0 aromatic heterocycles. The van der Waals surface area contributed by atoms with Crippen molar-refractivity contribution in [1.82, 2.24) is 0 Å². The van der Waals surface area contributed by atoms with E-state index in [1.165, 1.54) is 0 Å². The normalized spacial score (nSPS) is 9.29. The first kappa shape index (κ1) is 10.2. The van der Waals surface area contributed by atoms with Gasteiger partial charge in [0.25, 0.3) is 0 Å². The van der Waals surface area contributed by atoms with Gasteiger partial charge in [0, 0.05) is 6.07 Å². The summed E-state index contributed by atoms with van der Waals surface area (Å²) < 4.78 is 10.1. The van der Waals surface area contributed by atoms with E-state index >= 15 is 0 Å². The Morgan fingerprint density at radius 3 is 2.43 bits per heavy atom. The highest BCUT2D eigenvalue weighted by atomic mass is 16.5. The van der Waals surface area contributed by atoms with Crippen LogP contribution in [0.1, 0.15) is 0 Å². The molecule has 5 nitrogen and oxygen atoms in total. The summed E-state index contributed by atoms with van der Waals surface area (Å²) in [4.78, 5) is 3.90. The number of nitrogens with two attached hydrogens (primary N) is 2. The third kappa shape index (κ3) is 2.29. The summed E-state index contributed by atoms with van der Waals surface area (Å²) in [5, 5.41) is 0. The van der Waals surface area contributed by atoms with Crippen LogP contribution in [0.2, 0.25) is 0 Å². The molecule has 0 aliphatic heterocycles. The molecule has 0 amide bonds. The molecule has 0 unspecified atom stereocenters. The molecule has 0 atom stereocenters. The lowest BCUT2D eigenvalue weighted by atomic mass is 10.3. The van der Waals surface area contributed by atoms with Gasteiger partial charge in [0.05, 0.1) is 14.2 Å². The van der Waals surface area contributed by atoms with Crippen LogP contribution in [0, 0.1) is 0 Å². The van der Waals surface area contributed by atoms with Gasteiger partial charge in [-0.2, -0.15) is 0 Å². The molecular formula is C9H13N3O2. The van der Waals surface area contributed by atoms with Gasteiger partial charge in [0.1, 0.15) is 17.2 Å². The van der Waals surface area contributed by atoms with Crippen LogP contribution in [0.4, 0.5) is 5.69 Å². The van der Waals surface area contributed by atoms with Crippen molar-refractivity contribution >= 4 is 11.6 Å². The summed E-state index contributed by atoms with van der Waals surface area (Å²) in [6.07, 6.45) is 0. The number of hydrogen-bond acceptors (Lipinski definition) is 3. The minimum Gasteiger partial charge on any atom is -0.497 e. The zero-order valence-electron chi connectivity index (χ0n) is 8.15. The largest absolute Gasteiger partial charge is 0.497 e. The molecule has 0 aliphatic rings. The molecule has 0 bridgehead atoms. The zero-order valence-corrected chi connectivity index (χ0v) is 8.15. The Balaban J connectivity index is 3.11. The lowest BCUT2D eigenvalue weighted by Crippen LogP contribution is -2.21. The maximum Gasteiger partial charge on any atom is 0.191 e. The molecule has 0 spiro atoms. The fourth-order valence-electron chi connectivity index (χ4n) is 1.02. The number of rotatable bonds is 3. The number of aliphatic imine (C=N–C) groups is 1. The molecule has 0 fully saturated rings. The quantitative estimate of drug-likeness (QED) is 0.546. The molecule has 1 aromatic rings. The molecule has 0 radical (unpaired) electrons. The molecule has 4 N–H and O–H groups in total. The average molecular weight is 195 g/mol. The van der Waals surface area contributed by atoms with E-state index in [1.807, 2.05) is 0 Å². The lowest BCUT2D eigenvalue weighted by Gasteiger charge is -2.06. The van der Waals surface area contributed by atoms with E-state index in [1.54, 1.807) is 32.4 Å². The monoisotopic (exact) mass is 195 g/mol. The first-order valence-electron chi connectivity index (χ1n) is 3.99. The predicted molar refractivity (Wildman–Crippen MR) is 55.0 cm³/mol. The molecule has 76 valence electrons. The van der Waals surface area contributed by atoms with Crippen molar-refractivity contribution in [2.24, 2.45) is 16.5 Å². The summed E-state index contributed by atoms with van der Waals surface area (Å²) in [5.74, 6) is 1.25. The Morgan fingerprint density at radius 1 is 1.21 bits per heavy atom. The molecule has 0 heterocycles. The van der Waals surface area contributed by atoms with Crippen LogP contribution in [0.5, 0.6) is 11.5 Å². The van der Waals surface area contributed by atoms with Crippen LogP contribution in [0.15, 0.2) is 23.2 Å². The topological polar surface area (TPSA) is 82.9 Å². The number of methoxy groups -OCH3 is 2. The molecular weight excluding hydrogens is 182 g/mol. The van der Waals surface area contributed by atoms with Crippen LogP contribution in [-0.4, -0.2) is 20.2 Å². The second kappa shape index (κ2) is 4.36. The standard InChI is InChI=1S/C9H13N3O2/c1-13-6-3-4-7(12-9(10)11)8(5-6)14-2/h3-5H,1-2H3,(H4,10,11,12). The number of guanidine groups is 1. The van der Waals surface area contributed by atoms with Crippen molar-refractivity contribution in [3.05, 3.63) is 18.2 Å². The van der Waals surface area contributed by atoms with E-state index in [0.717, 1.165) is 0 Å². The summed E-state index contributed by atoms with van der Waals surface area (Å²) in [7, 11) is 3.12. The fraction of sp³-hybridized carbons (Fsp3) is 0.222. The van der Waals surface area contributed by atoms with Crippen molar-refractivity contribution in [3.8, 4) is 11.5 Å². The second-order valence-electron chi connectivity index (χ2n) is 2.57. The minimum absolute atomic E-state index is 0.00605. The summed E-state index contributed by atoms with van der Waals surface area (Å²) in [6, 6.07) is 5.18. The van der Waals surface area contributed by atoms with Crippen molar-refractivity contribution in [3.63, 3.8) is 0 Å². The fourth-order valence-corrected chi connectivity index (χ4v) is 1.02. The number of nitrogens with zero attached hydrogens (tertiary/aromatic N) is 1. The molecule has 1 rings (SSSR count). The van der Waals surface area contributed by atoms with Gasteiger partial charge in [-0.3, -0.25) is 0 Å². The van der Waals surface area contributed by atoms with E-state index in [4.69, 9.17) is 20.9 Å². The second-order valence-corrected chi connectivity index (χ2v) is 2.57. The average Bonchev–Trinajstić information content (AvgIpc) is 2.17. The smallest absolute Gasteiger partial charge is 0.191 e. The van der Waals surface area contributed by atoms with Crippen LogP contribution < -0.4 is 20.9 Å². The van der Waals surface area contributed by atoms with Gasteiger partial charge < -0.3 is 20.9 Å². The Morgan fingerprint density at radius 2 is 1.93 bits per heavy atom. The van der Waals surface area contributed by atoms with Crippen LogP contribution in [0.25, 0.3) is 0 Å². The van der Waals surface area contributed by atoms with Gasteiger partial charge in [0.2, 0.25) is 0 Å². The molecule has 14 heavy (non-hydrogen) atoms. The SMILES string of the molecule is COc1ccc(N=C(N)N)c(OC)c1. The summed E-state index contributed by atoms with van der Waals surface area (Å²) in [5.41, 5.74) is 11.1. The van der Waals surface area contributed by atoms with Crippen molar-refractivity contribution in [2.75, 3.05) is 14.2 Å². The number of ether oxygens (including phenoxy) is 2. The third-order valence-corrected chi connectivity index (χ3v) is 1.64. The van der Waals surface area contributed by atoms with E-state index in [9.17, 15) is 0 Å². The van der Waals surface area contributed by atoms with Gasteiger partial charge in [-0.15, -0.1) is 0 Å². The maximum absolute atomic E-state index is 5.26. The van der Waals surface area contributed by atoms with Gasteiger partial charge in [-0.1, -0.05) is 0 Å². The van der Waals surface area contributed by atoms with Crippen molar-refractivity contribution < 1.29 is 9.47 Å². The van der Waals surface area contributed by atoms with Crippen LogP contribution in [0.3, 0.4) is 0 Å². The molecule has 0 aliphatic carbocycles. The van der Waals surface area contributed by atoms with Crippen LogP contribution in [-0.2, 0) is 0 Å². The van der Waals surface area contributed by atoms with Crippen molar-refractivity contribution in [2.45, 2.75) is 0 Å². The van der Waals surface area contributed by atoms with Gasteiger partial charge in [-0.25, -0.2) is 4.99 Å². The lowest BCUT2D eigenvalue weighted by molar-refractivity contribution is 0.395. The minimum atomic E-state index is -0.00605. The van der Waals surface area contributed by atoms with Gasteiger partial charge >= 0.3 is 0 Å². The third-order valence-electron chi connectivity index (χ3n) is 1.64. The Hall–Kier alpha value is -1.91. The highest BCUT2D eigenvalue weighted by Gasteiger charge is 2.03. The van der Waals surface area contributed by atoms with E-state index in [0.29, 0.717) is 17.2 Å². The summed E-state index contributed by atoms with van der Waals surface area (Å²) >= 11 is 0. The number of benzene rings is 1. The Bertz CT molecular complexity index is 346. The molecule has 0 saturated heterocycles. The highest BCUT2D eigenvalue weighted by Crippen LogP contribution is 2.30. The molecule has 0 saturated carbocycles. The van der Waals surface area contributed by atoms with E-state index in [2.05, 4.69) is 4.99 Å². The Kier molecular flexibility index (Phi) is 3.17. The first-order valence-corrected chi connectivity index (χ1v) is 3.99. The van der Waals surface area contributed by atoms with Crippen LogP contribution >= 0.6 is 0 Å². The molecule has 5 heteroatoms. The zero-order chi connectivity index (χ0) is 10.6. The summed E-state index contributed by atoms with van der Waals surface area (Å²) in [6.45, 7) is 0. The van der Waals surface area contributed by atoms with Gasteiger partial charge in [-0.05, 0) is 12.1 Å². The van der Waals surface area contributed by atoms with Gasteiger partial charge in [0.15, 0.2) is 5.96 Å². The Labute approximate surface area is 82.3 Å². The first-order chi connectivity index (χ1) is 6.67. The maximum atomic E-state index is 5.26. The van der Waals surface area contributed by atoms with E-state index < -0.39 is 0 Å². The number of hydrogen-bond donors (Lipinski definition) is 2. The molecule has 1 aromatic carbocycles. The predicted octanol–water partition coefficient (Wildman–Crippen LogP) is 0.609. The van der Waals surface area contributed by atoms with Crippen molar-refractivity contribution in [1.29, 1.82) is 0 Å². The highest BCUT2D eigenvalue weighted by molar-refractivity contribution is 5.80. The van der Waals surface area contributed by atoms with E-state index in [-0.39, 0.29) is 5.96 Å².